The number of amides is 1. The van der Waals surface area contributed by atoms with E-state index in [1.165, 1.54) is 13.4 Å². The Hall–Kier alpha value is -3.00. The van der Waals surface area contributed by atoms with Crippen LogP contribution < -0.4 is 5.32 Å². The van der Waals surface area contributed by atoms with Gasteiger partial charge in [-0.25, -0.2) is 9.67 Å². The zero-order valence-corrected chi connectivity index (χ0v) is 16.1. The lowest BCUT2D eigenvalue weighted by atomic mass is 10.0. The smallest absolute Gasteiger partial charge is 0.307 e. The molecule has 7 nitrogen and oxygen atoms in total. The quantitative estimate of drug-likeness (QED) is 0.609. The molecule has 0 aliphatic rings. The summed E-state index contributed by atoms with van der Waals surface area (Å²) in [4.78, 5) is 28.3. The lowest BCUT2D eigenvalue weighted by Crippen LogP contribution is -2.30. The molecule has 2 aromatic carbocycles. The van der Waals surface area contributed by atoms with Gasteiger partial charge in [-0.05, 0) is 42.0 Å². The zero-order chi connectivity index (χ0) is 19.2. The van der Waals surface area contributed by atoms with E-state index in [9.17, 15) is 9.59 Å². The summed E-state index contributed by atoms with van der Waals surface area (Å²) in [5.41, 5.74) is 2.09. The van der Waals surface area contributed by atoms with Crippen molar-refractivity contribution in [2.24, 2.45) is 0 Å². The van der Waals surface area contributed by atoms with Gasteiger partial charge in [0.1, 0.15) is 12.7 Å². The number of benzene rings is 2. The van der Waals surface area contributed by atoms with E-state index in [1.807, 2.05) is 24.3 Å². The third-order valence-electron chi connectivity index (χ3n) is 3.99. The van der Waals surface area contributed by atoms with Gasteiger partial charge in [0.2, 0.25) is 0 Å². The van der Waals surface area contributed by atoms with Crippen molar-refractivity contribution in [3.8, 4) is 5.69 Å². The molecule has 138 valence electrons. The number of hydrogen-bond acceptors (Lipinski definition) is 5. The van der Waals surface area contributed by atoms with Crippen LogP contribution in [-0.4, -0.2) is 33.8 Å². The Bertz CT molecular complexity index is 909. The van der Waals surface area contributed by atoms with E-state index in [0.29, 0.717) is 5.56 Å². The van der Waals surface area contributed by atoms with Crippen molar-refractivity contribution in [1.82, 2.24) is 20.1 Å². The minimum atomic E-state index is -0.493. The topological polar surface area (TPSA) is 86.1 Å². The van der Waals surface area contributed by atoms with Crippen molar-refractivity contribution < 1.29 is 14.3 Å². The van der Waals surface area contributed by atoms with Gasteiger partial charge in [-0.2, -0.15) is 5.10 Å². The molecule has 0 saturated heterocycles. The molecule has 1 N–H and O–H groups in total. The molecule has 0 spiro atoms. The minimum Gasteiger partial charge on any atom is -0.469 e. The molecule has 0 bridgehead atoms. The van der Waals surface area contributed by atoms with E-state index in [-0.39, 0.29) is 12.3 Å². The van der Waals surface area contributed by atoms with Crippen LogP contribution >= 0.6 is 15.9 Å². The SMILES string of the molecule is COC(=O)CC(NC(=O)c1ccc(-n2cncn2)cc1)c1ccc(Br)cc1. The van der Waals surface area contributed by atoms with Gasteiger partial charge in [0.15, 0.2) is 0 Å². The fraction of sp³-hybridized carbons (Fsp3) is 0.158. The van der Waals surface area contributed by atoms with Crippen molar-refractivity contribution in [3.05, 3.63) is 76.8 Å². The highest BCUT2D eigenvalue weighted by Crippen LogP contribution is 2.21. The molecule has 1 atom stereocenters. The number of esters is 1. The number of hydrogen-bond donors (Lipinski definition) is 1. The molecule has 8 heteroatoms. The number of nitrogens with one attached hydrogen (secondary N) is 1. The lowest BCUT2D eigenvalue weighted by Gasteiger charge is -2.18. The molecule has 0 aliphatic heterocycles. The van der Waals surface area contributed by atoms with Crippen LogP contribution in [0.2, 0.25) is 0 Å². The molecule has 1 unspecified atom stereocenters. The van der Waals surface area contributed by atoms with Crippen LogP contribution in [0.25, 0.3) is 5.69 Å². The van der Waals surface area contributed by atoms with E-state index < -0.39 is 12.0 Å². The Morgan fingerprint density at radius 1 is 1.15 bits per heavy atom. The third-order valence-corrected chi connectivity index (χ3v) is 4.52. The monoisotopic (exact) mass is 428 g/mol. The van der Waals surface area contributed by atoms with E-state index in [1.54, 1.807) is 35.3 Å². The van der Waals surface area contributed by atoms with Gasteiger partial charge in [-0.15, -0.1) is 0 Å². The highest BCUT2D eigenvalue weighted by atomic mass is 79.9. The summed E-state index contributed by atoms with van der Waals surface area (Å²) in [6, 6.07) is 13.9. The van der Waals surface area contributed by atoms with Crippen LogP contribution in [0, 0.1) is 0 Å². The number of rotatable bonds is 6. The predicted molar refractivity (Wildman–Crippen MR) is 102 cm³/mol. The van der Waals surface area contributed by atoms with Gasteiger partial charge >= 0.3 is 5.97 Å². The van der Waals surface area contributed by atoms with Crippen molar-refractivity contribution in [3.63, 3.8) is 0 Å². The van der Waals surface area contributed by atoms with Crippen LogP contribution in [-0.2, 0) is 9.53 Å². The third kappa shape index (κ3) is 4.79. The molecule has 27 heavy (non-hydrogen) atoms. The summed E-state index contributed by atoms with van der Waals surface area (Å²) < 4.78 is 7.27. The van der Waals surface area contributed by atoms with Crippen LogP contribution in [0.4, 0.5) is 0 Å². The summed E-state index contributed by atoms with van der Waals surface area (Å²) in [7, 11) is 1.33. The maximum atomic E-state index is 12.7. The largest absolute Gasteiger partial charge is 0.469 e. The number of methoxy groups -OCH3 is 1. The highest BCUT2D eigenvalue weighted by molar-refractivity contribution is 9.10. The van der Waals surface area contributed by atoms with E-state index in [2.05, 4.69) is 31.3 Å². The fourth-order valence-electron chi connectivity index (χ4n) is 2.55. The van der Waals surface area contributed by atoms with E-state index in [4.69, 9.17) is 4.74 Å². The molecule has 0 saturated carbocycles. The normalized spacial score (nSPS) is 11.6. The maximum Gasteiger partial charge on any atom is 0.307 e. The second-order valence-corrected chi connectivity index (χ2v) is 6.66. The zero-order valence-electron chi connectivity index (χ0n) is 14.5. The number of carbonyl (C=O) groups is 2. The van der Waals surface area contributed by atoms with Gasteiger partial charge < -0.3 is 10.1 Å². The highest BCUT2D eigenvalue weighted by Gasteiger charge is 2.20. The first kappa shape index (κ1) is 18.8. The van der Waals surface area contributed by atoms with Crippen molar-refractivity contribution >= 4 is 27.8 Å². The number of carbonyl (C=O) groups excluding carboxylic acids is 2. The Labute approximate surface area is 164 Å². The first-order valence-electron chi connectivity index (χ1n) is 8.15. The molecule has 1 aromatic heterocycles. The number of nitrogens with zero attached hydrogens (tertiary/aromatic N) is 3. The summed E-state index contributed by atoms with van der Waals surface area (Å²) in [5, 5.41) is 6.95. The Balaban J connectivity index is 1.77. The first-order chi connectivity index (χ1) is 13.1. The van der Waals surface area contributed by atoms with Gasteiger partial charge in [-0.1, -0.05) is 28.1 Å². The van der Waals surface area contributed by atoms with Gasteiger partial charge in [0.05, 0.1) is 25.3 Å². The molecular weight excluding hydrogens is 412 g/mol. The Morgan fingerprint density at radius 3 is 2.44 bits per heavy atom. The number of aromatic nitrogens is 3. The van der Waals surface area contributed by atoms with Gasteiger partial charge in [0.25, 0.3) is 5.91 Å². The second kappa shape index (κ2) is 8.59. The summed E-state index contributed by atoms with van der Waals surface area (Å²) in [6.45, 7) is 0. The van der Waals surface area contributed by atoms with Crippen LogP contribution in [0.3, 0.4) is 0 Å². The van der Waals surface area contributed by atoms with Crippen LogP contribution in [0.1, 0.15) is 28.4 Å². The van der Waals surface area contributed by atoms with Crippen molar-refractivity contribution in [2.45, 2.75) is 12.5 Å². The van der Waals surface area contributed by atoms with Crippen molar-refractivity contribution in [2.75, 3.05) is 7.11 Å². The molecule has 3 rings (SSSR count). The van der Waals surface area contributed by atoms with Gasteiger partial charge in [-0.3, -0.25) is 9.59 Å². The predicted octanol–water partition coefficient (Wildman–Crippen LogP) is 3.06. The molecule has 3 aromatic rings. The molecule has 0 aliphatic carbocycles. The molecule has 0 radical (unpaired) electrons. The molecule has 1 amide bonds. The number of ether oxygens (including phenoxy) is 1. The lowest BCUT2D eigenvalue weighted by molar-refractivity contribution is -0.141. The first-order valence-corrected chi connectivity index (χ1v) is 8.94. The van der Waals surface area contributed by atoms with Crippen LogP contribution in [0.5, 0.6) is 0 Å². The number of halogens is 1. The standard InChI is InChI=1S/C19H17BrN4O3/c1-27-18(25)10-17(13-2-6-15(20)7-3-13)23-19(26)14-4-8-16(9-5-14)24-12-21-11-22-24/h2-9,11-12,17H,10H2,1H3,(H,23,26). The minimum absolute atomic E-state index is 0.0426. The van der Waals surface area contributed by atoms with E-state index >= 15 is 0 Å². The average Bonchev–Trinajstić information content (AvgIpc) is 3.23. The van der Waals surface area contributed by atoms with E-state index in [0.717, 1.165) is 15.7 Å². The Kier molecular flexibility index (Phi) is 5.97. The fourth-order valence-corrected chi connectivity index (χ4v) is 2.81. The van der Waals surface area contributed by atoms with Crippen LogP contribution in [0.15, 0.2) is 65.7 Å². The second-order valence-electron chi connectivity index (χ2n) is 5.74. The Morgan fingerprint density at radius 2 is 1.85 bits per heavy atom. The summed E-state index contributed by atoms with van der Waals surface area (Å²) >= 11 is 3.38. The maximum absolute atomic E-state index is 12.7. The van der Waals surface area contributed by atoms with Crippen molar-refractivity contribution in [1.29, 1.82) is 0 Å². The van der Waals surface area contributed by atoms with Gasteiger partial charge in [0, 0.05) is 10.0 Å². The average molecular weight is 429 g/mol. The summed E-state index contributed by atoms with van der Waals surface area (Å²) in [6.07, 6.45) is 3.06. The molecular formula is C19H17BrN4O3. The molecule has 1 heterocycles. The summed E-state index contributed by atoms with van der Waals surface area (Å²) in [5.74, 6) is -0.679. The molecule has 0 fully saturated rings.